The molecule has 2 amide bonds. The summed E-state index contributed by atoms with van der Waals surface area (Å²) in [5, 5.41) is 10.8. The van der Waals surface area contributed by atoms with Crippen LogP contribution in [0.3, 0.4) is 0 Å². The first-order chi connectivity index (χ1) is 17.0. The van der Waals surface area contributed by atoms with Crippen LogP contribution in [0.25, 0.3) is 0 Å². The molecule has 3 aromatic rings. The lowest BCUT2D eigenvalue weighted by Gasteiger charge is -2.45. The van der Waals surface area contributed by atoms with Gasteiger partial charge in [-0.25, -0.2) is 4.79 Å². The van der Waals surface area contributed by atoms with E-state index >= 15 is 0 Å². The van der Waals surface area contributed by atoms with Gasteiger partial charge in [0.1, 0.15) is 6.61 Å². The van der Waals surface area contributed by atoms with Crippen molar-refractivity contribution >= 4 is 23.5 Å². The number of imide groups is 1. The number of amides is 2. The highest BCUT2D eigenvalue weighted by Gasteiger charge is 2.61. The molecular weight excluding hydrogens is 448 g/mol. The molecule has 0 saturated carbocycles. The Kier molecular flexibility index (Phi) is 4.77. The van der Waals surface area contributed by atoms with Crippen LogP contribution in [0.5, 0.6) is 0 Å². The molecule has 1 heterocycles. The van der Waals surface area contributed by atoms with E-state index in [9.17, 15) is 24.5 Å². The molecule has 1 saturated heterocycles. The van der Waals surface area contributed by atoms with Gasteiger partial charge in [0, 0.05) is 24.0 Å². The number of nitro groups is 1. The summed E-state index contributed by atoms with van der Waals surface area (Å²) in [7, 11) is 0. The first-order valence-corrected chi connectivity index (χ1v) is 11.4. The van der Waals surface area contributed by atoms with Gasteiger partial charge < -0.3 is 4.74 Å². The summed E-state index contributed by atoms with van der Waals surface area (Å²) in [4.78, 5) is 50.8. The van der Waals surface area contributed by atoms with Crippen molar-refractivity contribution in [3.8, 4) is 0 Å². The second-order valence-corrected chi connectivity index (χ2v) is 9.03. The Morgan fingerprint density at radius 2 is 1.26 bits per heavy atom. The maximum atomic E-state index is 13.5. The minimum atomic E-state index is -0.670. The minimum Gasteiger partial charge on any atom is -0.460 e. The zero-order valence-corrected chi connectivity index (χ0v) is 18.5. The van der Waals surface area contributed by atoms with Gasteiger partial charge in [-0.3, -0.25) is 24.6 Å². The number of nitrogens with zero attached hydrogens (tertiary/aromatic N) is 2. The Morgan fingerprint density at radius 3 is 1.69 bits per heavy atom. The van der Waals surface area contributed by atoms with Crippen molar-refractivity contribution in [2.45, 2.75) is 11.8 Å². The second kappa shape index (κ2) is 7.87. The van der Waals surface area contributed by atoms with Crippen LogP contribution >= 0.6 is 0 Å². The van der Waals surface area contributed by atoms with Gasteiger partial charge in [-0.15, -0.1) is 0 Å². The predicted molar refractivity (Wildman–Crippen MR) is 124 cm³/mol. The maximum Gasteiger partial charge on any atom is 0.338 e. The number of carbonyl (C=O) groups is 3. The van der Waals surface area contributed by atoms with Crippen molar-refractivity contribution in [2.75, 3.05) is 13.2 Å². The third kappa shape index (κ3) is 3.10. The van der Waals surface area contributed by atoms with Gasteiger partial charge in [0.2, 0.25) is 11.8 Å². The normalized spacial score (nSPS) is 23.5. The molecule has 8 heteroatoms. The van der Waals surface area contributed by atoms with Crippen molar-refractivity contribution in [3.63, 3.8) is 0 Å². The Bertz CT molecular complexity index is 1280. The summed E-state index contributed by atoms with van der Waals surface area (Å²) in [6, 6.07) is 21.1. The molecule has 4 aliphatic rings. The maximum absolute atomic E-state index is 13.5. The van der Waals surface area contributed by atoms with Crippen molar-refractivity contribution in [1.82, 2.24) is 4.90 Å². The number of carbonyl (C=O) groups excluding carboxylic acids is 3. The number of hydrogen-bond acceptors (Lipinski definition) is 6. The van der Waals surface area contributed by atoms with Crippen LogP contribution in [0.2, 0.25) is 0 Å². The monoisotopic (exact) mass is 468 g/mol. The molecular formula is C27H20N2O6. The van der Waals surface area contributed by atoms with Gasteiger partial charge >= 0.3 is 5.97 Å². The van der Waals surface area contributed by atoms with E-state index in [2.05, 4.69) is 0 Å². The highest BCUT2D eigenvalue weighted by atomic mass is 16.6. The Balaban J connectivity index is 1.22. The van der Waals surface area contributed by atoms with Crippen molar-refractivity contribution in [2.24, 2.45) is 11.8 Å². The van der Waals surface area contributed by atoms with E-state index in [1.54, 1.807) is 0 Å². The van der Waals surface area contributed by atoms with Crippen molar-refractivity contribution < 1.29 is 24.0 Å². The second-order valence-electron chi connectivity index (χ2n) is 9.03. The highest BCUT2D eigenvalue weighted by Crippen LogP contribution is 2.60. The first-order valence-electron chi connectivity index (χ1n) is 11.4. The van der Waals surface area contributed by atoms with E-state index < -0.39 is 22.7 Å². The van der Waals surface area contributed by atoms with Gasteiger partial charge in [-0.05, 0) is 34.4 Å². The molecule has 3 aromatic carbocycles. The van der Waals surface area contributed by atoms with Gasteiger partial charge in [0.25, 0.3) is 5.69 Å². The number of likely N-dealkylation sites (tertiary alicyclic amines) is 1. The van der Waals surface area contributed by atoms with Crippen LogP contribution in [0.1, 0.15) is 44.4 Å². The lowest BCUT2D eigenvalue weighted by molar-refractivity contribution is -0.384. The summed E-state index contributed by atoms with van der Waals surface area (Å²) in [6.07, 6.45) is 0. The quantitative estimate of drug-likeness (QED) is 0.245. The Hall–Kier alpha value is -4.33. The molecule has 0 aromatic heterocycles. The van der Waals surface area contributed by atoms with E-state index in [-0.39, 0.29) is 48.1 Å². The SMILES string of the molecule is O=C(OCCN1C(=O)[C@@H]2C3c4ccccc4C(c4ccccc43)[C@H]2C1=O)c1ccc([N+](=O)[O-])cc1. The van der Waals surface area contributed by atoms with Crippen LogP contribution in [0.15, 0.2) is 72.8 Å². The average molecular weight is 468 g/mol. The van der Waals surface area contributed by atoms with Crippen molar-refractivity contribution in [1.29, 1.82) is 0 Å². The van der Waals surface area contributed by atoms with E-state index in [1.807, 2.05) is 48.5 Å². The minimum absolute atomic E-state index is 0.0322. The predicted octanol–water partition coefficient (Wildman–Crippen LogP) is 3.64. The fourth-order valence-corrected chi connectivity index (χ4v) is 5.99. The van der Waals surface area contributed by atoms with Gasteiger partial charge in [-0.2, -0.15) is 0 Å². The largest absolute Gasteiger partial charge is 0.460 e. The molecule has 1 aliphatic heterocycles. The lowest BCUT2D eigenvalue weighted by atomic mass is 9.55. The van der Waals surface area contributed by atoms with Crippen LogP contribution < -0.4 is 0 Å². The number of benzene rings is 3. The summed E-state index contributed by atoms with van der Waals surface area (Å²) >= 11 is 0. The number of nitro benzene ring substituents is 1. The van der Waals surface area contributed by atoms with E-state index in [1.165, 1.54) is 29.2 Å². The lowest BCUT2D eigenvalue weighted by Crippen LogP contribution is -2.41. The Morgan fingerprint density at radius 1 is 0.800 bits per heavy atom. The standard InChI is InChI=1S/C27H20N2O6/c30-25-23-21-17-5-1-2-6-18(17)22(20-8-4-3-7-19(20)21)24(23)26(31)28(25)13-14-35-27(32)15-9-11-16(12-10-15)29(33)34/h1-12,21-24H,13-14H2/t21?,22?,23-,24-/m1/s1. The van der Waals surface area contributed by atoms with E-state index in [4.69, 9.17) is 4.74 Å². The molecule has 2 atom stereocenters. The summed E-state index contributed by atoms with van der Waals surface area (Å²) in [6.45, 7) is -0.183. The van der Waals surface area contributed by atoms with Crippen LogP contribution in [0, 0.1) is 22.0 Å². The van der Waals surface area contributed by atoms with Crippen LogP contribution in [-0.2, 0) is 14.3 Å². The van der Waals surface area contributed by atoms with Gasteiger partial charge in [-0.1, -0.05) is 48.5 Å². The summed E-state index contributed by atoms with van der Waals surface area (Å²) in [5.74, 6) is -2.43. The van der Waals surface area contributed by atoms with Gasteiger partial charge in [0.05, 0.1) is 28.9 Å². The molecule has 2 bridgehead atoms. The molecule has 174 valence electrons. The molecule has 8 nitrogen and oxygen atoms in total. The number of hydrogen-bond donors (Lipinski definition) is 0. The first kappa shape index (κ1) is 21.2. The molecule has 0 radical (unpaired) electrons. The highest BCUT2D eigenvalue weighted by molar-refractivity contribution is 6.07. The summed E-state index contributed by atoms with van der Waals surface area (Å²) < 4.78 is 5.28. The third-order valence-electron chi connectivity index (χ3n) is 7.40. The zero-order valence-electron chi connectivity index (χ0n) is 18.5. The smallest absolute Gasteiger partial charge is 0.338 e. The fourth-order valence-electron chi connectivity index (χ4n) is 5.99. The molecule has 0 N–H and O–H groups in total. The van der Waals surface area contributed by atoms with Gasteiger partial charge in [0.15, 0.2) is 0 Å². The van der Waals surface area contributed by atoms with Crippen molar-refractivity contribution in [3.05, 3.63) is 111 Å². The van der Waals surface area contributed by atoms with Crippen LogP contribution in [0.4, 0.5) is 5.69 Å². The molecule has 1 fully saturated rings. The average Bonchev–Trinajstić information content (AvgIpc) is 3.14. The topological polar surface area (TPSA) is 107 Å². The van der Waals surface area contributed by atoms with E-state index in [0.29, 0.717) is 0 Å². The van der Waals surface area contributed by atoms with Crippen LogP contribution in [-0.4, -0.2) is 40.8 Å². The molecule has 3 aliphatic carbocycles. The van der Waals surface area contributed by atoms with E-state index in [0.717, 1.165) is 22.3 Å². The number of ether oxygens (including phenoxy) is 1. The zero-order chi connectivity index (χ0) is 24.3. The number of rotatable bonds is 5. The fraction of sp³-hybridized carbons (Fsp3) is 0.222. The number of esters is 1. The molecule has 35 heavy (non-hydrogen) atoms. The number of non-ortho nitro benzene ring substituents is 1. The molecule has 0 spiro atoms. The molecule has 7 rings (SSSR count). The summed E-state index contributed by atoms with van der Waals surface area (Å²) in [5.41, 5.74) is 4.44. The molecule has 0 unspecified atom stereocenters. The Labute approximate surface area is 200 Å². The third-order valence-corrected chi connectivity index (χ3v) is 7.40.